The molecule has 0 atom stereocenters. The molecule has 0 aliphatic rings. The molecule has 1 heterocycles. The summed E-state index contributed by atoms with van der Waals surface area (Å²) in [6.45, 7) is 0. The minimum atomic E-state index is -0.297. The summed E-state index contributed by atoms with van der Waals surface area (Å²) in [5.74, 6) is 0.386. The Balaban J connectivity index is 1.55. The Morgan fingerprint density at radius 3 is 2.60 bits per heavy atom. The van der Waals surface area contributed by atoms with Crippen molar-refractivity contribution in [2.45, 2.75) is 0 Å². The average molecular weight is 498 g/mol. The molecular formula is C22H16BrN3O2S2. The number of rotatable bonds is 4. The SMILES string of the molecule is COc1ccc(C(=O)NC(=S)Nc2ccc(Br)cc2-c2nc3ccccc3s2)cc1. The fourth-order valence-corrected chi connectivity index (χ4v) is 4.42. The van der Waals surface area contributed by atoms with Gasteiger partial charge < -0.3 is 10.1 Å². The highest BCUT2D eigenvalue weighted by Crippen LogP contribution is 2.36. The summed E-state index contributed by atoms with van der Waals surface area (Å²) in [5, 5.41) is 6.91. The van der Waals surface area contributed by atoms with E-state index in [-0.39, 0.29) is 11.0 Å². The summed E-state index contributed by atoms with van der Waals surface area (Å²) in [6, 6.07) is 20.6. The fourth-order valence-electron chi connectivity index (χ4n) is 2.86. The Labute approximate surface area is 191 Å². The smallest absolute Gasteiger partial charge is 0.257 e. The van der Waals surface area contributed by atoms with Crippen LogP contribution >= 0.6 is 39.5 Å². The zero-order chi connectivity index (χ0) is 21.1. The van der Waals surface area contributed by atoms with Crippen LogP contribution in [0.3, 0.4) is 0 Å². The summed E-state index contributed by atoms with van der Waals surface area (Å²) in [7, 11) is 1.58. The molecule has 0 saturated heterocycles. The highest BCUT2D eigenvalue weighted by atomic mass is 79.9. The van der Waals surface area contributed by atoms with Crippen LogP contribution in [-0.2, 0) is 0 Å². The Kier molecular flexibility index (Phi) is 6.08. The first-order valence-corrected chi connectivity index (χ1v) is 11.0. The second-order valence-corrected chi connectivity index (χ2v) is 8.67. The third-order valence-electron chi connectivity index (χ3n) is 4.33. The predicted octanol–water partition coefficient (Wildman–Crippen LogP) is 5.86. The van der Waals surface area contributed by atoms with Crippen LogP contribution in [0.2, 0.25) is 0 Å². The highest BCUT2D eigenvalue weighted by Gasteiger charge is 2.14. The lowest BCUT2D eigenvalue weighted by atomic mass is 10.2. The number of carbonyl (C=O) groups excluding carboxylic acids is 1. The molecule has 3 aromatic carbocycles. The Bertz CT molecular complexity index is 1210. The van der Waals surface area contributed by atoms with Gasteiger partial charge in [-0.15, -0.1) is 11.3 Å². The van der Waals surface area contributed by atoms with Gasteiger partial charge in [-0.25, -0.2) is 4.98 Å². The van der Waals surface area contributed by atoms with Gasteiger partial charge in [0, 0.05) is 15.6 Å². The number of amides is 1. The number of nitrogens with zero attached hydrogens (tertiary/aromatic N) is 1. The molecule has 0 aliphatic carbocycles. The van der Waals surface area contributed by atoms with Crippen LogP contribution in [0.15, 0.2) is 71.2 Å². The van der Waals surface area contributed by atoms with Gasteiger partial charge in [-0.1, -0.05) is 28.1 Å². The van der Waals surface area contributed by atoms with Crippen molar-refractivity contribution < 1.29 is 9.53 Å². The number of hydrogen-bond acceptors (Lipinski definition) is 5. The number of aromatic nitrogens is 1. The molecule has 0 bridgehead atoms. The quantitative estimate of drug-likeness (QED) is 0.345. The van der Waals surface area contributed by atoms with Gasteiger partial charge in [-0.05, 0) is 66.8 Å². The van der Waals surface area contributed by atoms with Crippen molar-refractivity contribution in [1.82, 2.24) is 10.3 Å². The molecule has 8 heteroatoms. The maximum atomic E-state index is 12.5. The highest BCUT2D eigenvalue weighted by molar-refractivity contribution is 9.10. The lowest BCUT2D eigenvalue weighted by molar-refractivity contribution is 0.0977. The number of fused-ring (bicyclic) bond motifs is 1. The Hall–Kier alpha value is -2.81. The van der Waals surface area contributed by atoms with Crippen LogP contribution in [0.4, 0.5) is 5.69 Å². The van der Waals surface area contributed by atoms with E-state index in [0.29, 0.717) is 11.3 Å². The van der Waals surface area contributed by atoms with Gasteiger partial charge in [-0.3, -0.25) is 10.1 Å². The molecule has 1 amide bonds. The van der Waals surface area contributed by atoms with Crippen molar-refractivity contribution in [2.75, 3.05) is 12.4 Å². The zero-order valence-electron chi connectivity index (χ0n) is 15.8. The van der Waals surface area contributed by atoms with E-state index in [0.717, 1.165) is 30.9 Å². The average Bonchev–Trinajstić information content (AvgIpc) is 3.19. The summed E-state index contributed by atoms with van der Waals surface area (Å²) in [4.78, 5) is 17.2. The van der Waals surface area contributed by atoms with Crippen molar-refractivity contribution in [3.8, 4) is 16.3 Å². The van der Waals surface area contributed by atoms with Gasteiger partial charge in [0.25, 0.3) is 5.91 Å². The van der Waals surface area contributed by atoms with Gasteiger partial charge in [-0.2, -0.15) is 0 Å². The molecule has 4 aromatic rings. The topological polar surface area (TPSA) is 63.2 Å². The summed E-state index contributed by atoms with van der Waals surface area (Å²) in [5.41, 5.74) is 3.09. The number of nitrogens with one attached hydrogen (secondary N) is 2. The molecule has 150 valence electrons. The minimum Gasteiger partial charge on any atom is -0.497 e. The van der Waals surface area contributed by atoms with Crippen molar-refractivity contribution in [2.24, 2.45) is 0 Å². The monoisotopic (exact) mass is 497 g/mol. The van der Waals surface area contributed by atoms with E-state index < -0.39 is 0 Å². The molecule has 0 spiro atoms. The van der Waals surface area contributed by atoms with Crippen LogP contribution in [0.25, 0.3) is 20.8 Å². The lowest BCUT2D eigenvalue weighted by Gasteiger charge is -2.13. The summed E-state index contributed by atoms with van der Waals surface area (Å²) >= 11 is 10.5. The van der Waals surface area contributed by atoms with E-state index in [1.165, 1.54) is 0 Å². The van der Waals surface area contributed by atoms with E-state index in [4.69, 9.17) is 21.9 Å². The van der Waals surface area contributed by atoms with Gasteiger partial charge >= 0.3 is 0 Å². The molecule has 0 fully saturated rings. The zero-order valence-corrected chi connectivity index (χ0v) is 19.0. The van der Waals surface area contributed by atoms with Crippen LogP contribution in [0.1, 0.15) is 10.4 Å². The number of methoxy groups -OCH3 is 1. The number of ether oxygens (including phenoxy) is 1. The third-order valence-corrected chi connectivity index (χ3v) is 6.10. The van der Waals surface area contributed by atoms with E-state index >= 15 is 0 Å². The van der Waals surface area contributed by atoms with Crippen LogP contribution < -0.4 is 15.4 Å². The Morgan fingerprint density at radius 1 is 1.10 bits per heavy atom. The van der Waals surface area contributed by atoms with Crippen molar-refractivity contribution >= 4 is 66.4 Å². The van der Waals surface area contributed by atoms with Crippen LogP contribution in [-0.4, -0.2) is 23.1 Å². The molecule has 4 rings (SSSR count). The molecule has 5 nitrogen and oxygen atoms in total. The number of carbonyl (C=O) groups is 1. The normalized spacial score (nSPS) is 10.6. The lowest BCUT2D eigenvalue weighted by Crippen LogP contribution is -2.34. The van der Waals surface area contributed by atoms with E-state index in [2.05, 4.69) is 26.6 Å². The molecule has 0 aliphatic heterocycles. The second-order valence-electron chi connectivity index (χ2n) is 6.31. The number of thiazole rings is 1. The number of halogens is 1. The number of para-hydroxylation sites is 1. The number of benzene rings is 3. The number of anilines is 1. The first-order chi connectivity index (χ1) is 14.5. The van der Waals surface area contributed by atoms with Crippen LogP contribution in [0, 0.1) is 0 Å². The molecule has 0 saturated carbocycles. The molecule has 2 N–H and O–H groups in total. The molecule has 30 heavy (non-hydrogen) atoms. The van der Waals surface area contributed by atoms with E-state index in [1.54, 1.807) is 42.7 Å². The van der Waals surface area contributed by atoms with E-state index in [9.17, 15) is 4.79 Å². The number of hydrogen-bond donors (Lipinski definition) is 2. The second kappa shape index (κ2) is 8.91. The van der Waals surface area contributed by atoms with Crippen molar-refractivity contribution in [3.05, 3.63) is 76.8 Å². The third kappa shape index (κ3) is 4.51. The summed E-state index contributed by atoms with van der Waals surface area (Å²) < 4.78 is 7.15. The van der Waals surface area contributed by atoms with Gasteiger partial charge in [0.1, 0.15) is 10.8 Å². The standard InChI is InChI=1S/C22H16BrN3O2S2/c1-28-15-9-6-13(7-10-15)20(27)26-22(29)25-17-11-8-14(23)12-16(17)21-24-18-4-2-3-5-19(18)30-21/h2-12H,1H3,(H2,25,26,27,29). The largest absolute Gasteiger partial charge is 0.497 e. The van der Waals surface area contributed by atoms with Crippen molar-refractivity contribution in [3.63, 3.8) is 0 Å². The summed E-state index contributed by atoms with van der Waals surface area (Å²) in [6.07, 6.45) is 0. The minimum absolute atomic E-state index is 0.209. The van der Waals surface area contributed by atoms with Crippen molar-refractivity contribution in [1.29, 1.82) is 0 Å². The van der Waals surface area contributed by atoms with Crippen LogP contribution in [0.5, 0.6) is 5.75 Å². The first-order valence-electron chi connectivity index (χ1n) is 8.95. The molecule has 0 radical (unpaired) electrons. The predicted molar refractivity (Wildman–Crippen MR) is 129 cm³/mol. The fraction of sp³-hybridized carbons (Fsp3) is 0.0455. The molecule has 0 unspecified atom stereocenters. The van der Waals surface area contributed by atoms with Gasteiger partial charge in [0.05, 0.1) is 23.0 Å². The van der Waals surface area contributed by atoms with Gasteiger partial charge in [0.2, 0.25) is 0 Å². The molecular weight excluding hydrogens is 482 g/mol. The van der Waals surface area contributed by atoms with E-state index in [1.807, 2.05) is 42.5 Å². The first kappa shape index (κ1) is 20.5. The molecule has 1 aromatic heterocycles. The Morgan fingerprint density at radius 2 is 1.87 bits per heavy atom. The number of thiocarbonyl (C=S) groups is 1. The maximum Gasteiger partial charge on any atom is 0.257 e. The van der Waals surface area contributed by atoms with Gasteiger partial charge in [0.15, 0.2) is 5.11 Å². The maximum absolute atomic E-state index is 12.5.